The summed E-state index contributed by atoms with van der Waals surface area (Å²) in [5.74, 6) is 2.48. The Kier molecular flexibility index (Phi) is 6.42. The summed E-state index contributed by atoms with van der Waals surface area (Å²) in [6.07, 6.45) is 5.30. The zero-order chi connectivity index (χ0) is 17.2. The van der Waals surface area contributed by atoms with E-state index in [9.17, 15) is 9.59 Å². The van der Waals surface area contributed by atoms with Gasteiger partial charge in [0.2, 0.25) is 5.91 Å². The number of terminal acetylenes is 1. The number of carbonyl (C=O) groups excluding carboxylic acids is 2. The van der Waals surface area contributed by atoms with E-state index in [-0.39, 0.29) is 31.4 Å². The average Bonchev–Trinajstić information content (AvgIpc) is 2.61. The van der Waals surface area contributed by atoms with Gasteiger partial charge in [-0.3, -0.25) is 9.59 Å². The van der Waals surface area contributed by atoms with Crippen LogP contribution in [-0.4, -0.2) is 25.0 Å². The first-order valence-electron chi connectivity index (χ1n) is 7.49. The molecule has 2 aromatic rings. The number of rotatable bonds is 7. The first kappa shape index (κ1) is 17.1. The topological polar surface area (TPSA) is 67.4 Å². The van der Waals surface area contributed by atoms with Gasteiger partial charge in [0.05, 0.1) is 30.8 Å². The highest BCUT2D eigenvalue weighted by atomic mass is 16.5. The van der Waals surface area contributed by atoms with Gasteiger partial charge in [0.15, 0.2) is 0 Å². The Morgan fingerprint density at radius 2 is 1.75 bits per heavy atom. The molecule has 122 valence electrons. The molecular weight excluding hydrogens is 304 g/mol. The third kappa shape index (κ3) is 5.18. The van der Waals surface area contributed by atoms with Crippen LogP contribution in [0.5, 0.6) is 5.75 Å². The second-order valence-corrected chi connectivity index (χ2v) is 4.89. The molecule has 0 aliphatic carbocycles. The molecular formula is C19H18N2O3. The predicted octanol–water partition coefficient (Wildman–Crippen LogP) is 2.46. The van der Waals surface area contributed by atoms with Crippen molar-refractivity contribution < 1.29 is 14.3 Å². The Balaban J connectivity index is 1.89. The number of para-hydroxylation sites is 2. The minimum atomic E-state index is -0.329. The minimum absolute atomic E-state index is 0.131. The number of hydrogen-bond donors (Lipinski definition) is 2. The normalized spacial score (nSPS) is 9.62. The van der Waals surface area contributed by atoms with Gasteiger partial charge in [-0.15, -0.1) is 6.42 Å². The van der Waals surface area contributed by atoms with Crippen LogP contribution in [0.3, 0.4) is 0 Å². The fraction of sp³-hybridized carbons (Fsp3) is 0.158. The standard InChI is InChI=1S/C19H18N2O3/c1-2-13-20-19(23)16-10-6-7-11-17(16)21-18(22)12-14-24-15-8-4-3-5-9-15/h1,3-11H,12-14H2,(H,20,23)(H,21,22). The van der Waals surface area contributed by atoms with Crippen LogP contribution in [0.15, 0.2) is 54.6 Å². The summed E-state index contributed by atoms with van der Waals surface area (Å²) in [6.45, 7) is 0.382. The maximum absolute atomic E-state index is 12.0. The Morgan fingerprint density at radius 1 is 1.04 bits per heavy atom. The number of hydrogen-bond acceptors (Lipinski definition) is 3. The highest BCUT2D eigenvalue weighted by Crippen LogP contribution is 2.15. The molecule has 0 radical (unpaired) electrons. The number of benzene rings is 2. The Labute approximate surface area is 141 Å². The van der Waals surface area contributed by atoms with Crippen molar-refractivity contribution in [3.05, 3.63) is 60.2 Å². The minimum Gasteiger partial charge on any atom is -0.493 e. The maximum Gasteiger partial charge on any atom is 0.254 e. The summed E-state index contributed by atoms with van der Waals surface area (Å²) in [5.41, 5.74) is 0.807. The second-order valence-electron chi connectivity index (χ2n) is 4.89. The van der Waals surface area contributed by atoms with Gasteiger partial charge in [0.25, 0.3) is 5.91 Å². The van der Waals surface area contributed by atoms with Gasteiger partial charge < -0.3 is 15.4 Å². The number of anilines is 1. The zero-order valence-corrected chi connectivity index (χ0v) is 13.1. The summed E-state index contributed by atoms with van der Waals surface area (Å²) in [6, 6.07) is 16.0. The highest BCUT2D eigenvalue weighted by Gasteiger charge is 2.12. The van der Waals surface area contributed by atoms with Gasteiger partial charge >= 0.3 is 0 Å². The molecule has 5 heteroatoms. The Hall–Kier alpha value is -3.26. The molecule has 0 aliphatic rings. The first-order valence-corrected chi connectivity index (χ1v) is 7.49. The fourth-order valence-corrected chi connectivity index (χ4v) is 2.01. The molecule has 5 nitrogen and oxygen atoms in total. The Morgan fingerprint density at radius 3 is 2.50 bits per heavy atom. The van der Waals surface area contributed by atoms with E-state index >= 15 is 0 Å². The molecule has 0 unspecified atom stereocenters. The average molecular weight is 322 g/mol. The van der Waals surface area contributed by atoms with E-state index in [1.54, 1.807) is 24.3 Å². The SMILES string of the molecule is C#CCNC(=O)c1ccccc1NC(=O)CCOc1ccccc1. The van der Waals surface area contributed by atoms with E-state index in [2.05, 4.69) is 16.6 Å². The Bertz CT molecular complexity index is 736. The second kappa shape index (κ2) is 9.01. The van der Waals surface area contributed by atoms with E-state index in [0.717, 1.165) is 0 Å². The van der Waals surface area contributed by atoms with E-state index < -0.39 is 0 Å². The lowest BCUT2D eigenvalue weighted by atomic mass is 10.1. The number of nitrogens with one attached hydrogen (secondary N) is 2. The van der Waals surface area contributed by atoms with E-state index in [1.807, 2.05) is 30.3 Å². The van der Waals surface area contributed by atoms with E-state index in [1.165, 1.54) is 0 Å². The molecule has 0 heterocycles. The molecule has 0 saturated heterocycles. The van der Waals surface area contributed by atoms with Gasteiger partial charge in [0.1, 0.15) is 5.75 Å². The molecule has 0 saturated carbocycles. The van der Waals surface area contributed by atoms with Crippen molar-refractivity contribution in [3.8, 4) is 18.1 Å². The molecule has 0 spiro atoms. The van der Waals surface area contributed by atoms with Crippen LogP contribution >= 0.6 is 0 Å². The third-order valence-electron chi connectivity index (χ3n) is 3.14. The van der Waals surface area contributed by atoms with Gasteiger partial charge in [-0.25, -0.2) is 0 Å². The van der Waals surface area contributed by atoms with Gasteiger partial charge in [-0.2, -0.15) is 0 Å². The van der Waals surface area contributed by atoms with Gasteiger partial charge in [-0.1, -0.05) is 36.3 Å². The summed E-state index contributed by atoms with van der Waals surface area (Å²) in [5, 5.41) is 5.30. The maximum atomic E-state index is 12.0. The lowest BCUT2D eigenvalue weighted by molar-refractivity contribution is -0.116. The van der Waals surface area contributed by atoms with Crippen molar-refractivity contribution in [2.45, 2.75) is 6.42 Å². The molecule has 0 aliphatic heterocycles. The molecule has 0 aromatic heterocycles. The van der Waals surface area contributed by atoms with Crippen molar-refractivity contribution in [3.63, 3.8) is 0 Å². The van der Waals surface area contributed by atoms with Crippen LogP contribution in [0.2, 0.25) is 0 Å². The quantitative estimate of drug-likeness (QED) is 0.770. The summed E-state index contributed by atoms with van der Waals surface area (Å²) >= 11 is 0. The van der Waals surface area contributed by atoms with E-state index in [0.29, 0.717) is 17.0 Å². The van der Waals surface area contributed by atoms with Crippen LogP contribution in [0.1, 0.15) is 16.8 Å². The smallest absolute Gasteiger partial charge is 0.254 e. The highest BCUT2D eigenvalue weighted by molar-refractivity contribution is 6.03. The van der Waals surface area contributed by atoms with Crippen LogP contribution in [0, 0.1) is 12.3 Å². The van der Waals surface area contributed by atoms with Crippen molar-refractivity contribution in [2.75, 3.05) is 18.5 Å². The molecule has 0 fully saturated rings. The largest absolute Gasteiger partial charge is 0.493 e. The zero-order valence-electron chi connectivity index (χ0n) is 13.1. The van der Waals surface area contributed by atoms with Crippen molar-refractivity contribution >= 4 is 17.5 Å². The van der Waals surface area contributed by atoms with Crippen LogP contribution in [-0.2, 0) is 4.79 Å². The van der Waals surface area contributed by atoms with Crippen LogP contribution < -0.4 is 15.4 Å². The van der Waals surface area contributed by atoms with Crippen LogP contribution in [0.4, 0.5) is 5.69 Å². The monoisotopic (exact) mass is 322 g/mol. The van der Waals surface area contributed by atoms with Gasteiger partial charge in [-0.05, 0) is 24.3 Å². The summed E-state index contributed by atoms with van der Waals surface area (Å²) in [7, 11) is 0. The number of carbonyl (C=O) groups is 2. The fourth-order valence-electron chi connectivity index (χ4n) is 2.01. The summed E-state index contributed by atoms with van der Waals surface area (Å²) < 4.78 is 5.48. The third-order valence-corrected chi connectivity index (χ3v) is 3.14. The molecule has 2 N–H and O–H groups in total. The number of ether oxygens (including phenoxy) is 1. The molecule has 2 rings (SSSR count). The number of amides is 2. The van der Waals surface area contributed by atoms with Crippen LogP contribution in [0.25, 0.3) is 0 Å². The molecule has 2 aromatic carbocycles. The molecule has 0 atom stereocenters. The predicted molar refractivity (Wildman–Crippen MR) is 92.8 cm³/mol. The van der Waals surface area contributed by atoms with Gasteiger partial charge in [0, 0.05) is 0 Å². The molecule has 2 amide bonds. The van der Waals surface area contributed by atoms with E-state index in [4.69, 9.17) is 11.2 Å². The first-order chi connectivity index (χ1) is 11.7. The molecule has 24 heavy (non-hydrogen) atoms. The molecule has 0 bridgehead atoms. The summed E-state index contributed by atoms with van der Waals surface area (Å²) in [4.78, 5) is 24.1. The van der Waals surface area contributed by atoms with Crippen molar-refractivity contribution in [1.82, 2.24) is 5.32 Å². The lowest BCUT2D eigenvalue weighted by Gasteiger charge is -2.11. The van der Waals surface area contributed by atoms with Crippen molar-refractivity contribution in [2.24, 2.45) is 0 Å². The van der Waals surface area contributed by atoms with Crippen molar-refractivity contribution in [1.29, 1.82) is 0 Å². The lowest BCUT2D eigenvalue weighted by Crippen LogP contribution is -2.25.